The second-order valence-corrected chi connectivity index (χ2v) is 8.10. The van der Waals surface area contributed by atoms with Crippen molar-refractivity contribution in [3.05, 3.63) is 54.4 Å². The van der Waals surface area contributed by atoms with Crippen LogP contribution in [0, 0.1) is 0 Å². The maximum absolute atomic E-state index is 12.6. The molecule has 2 aromatic heterocycles. The monoisotopic (exact) mass is 453 g/mol. The molecule has 1 amide bonds. The largest absolute Gasteiger partial charge is 0.465 e. The topological polar surface area (TPSA) is 108 Å². The standard InChI is InChI=1S/C22H23N5O4S/c1-30-21(29)17-6-2-3-7-18(17)24-19(28)14-32-22-26-25-20(15-8-10-23-11-9-15)27(22)13-16-5-4-12-31-16/h2-3,6-11,16H,4-5,12-14H2,1H3,(H,24,28). The smallest absolute Gasteiger partial charge is 0.339 e. The Kier molecular flexibility index (Phi) is 7.13. The molecule has 3 heterocycles. The van der Waals surface area contributed by atoms with Crippen LogP contribution in [0.2, 0.25) is 0 Å². The minimum absolute atomic E-state index is 0.0895. The molecule has 1 unspecified atom stereocenters. The van der Waals surface area contributed by atoms with Crippen LogP contribution in [0.25, 0.3) is 11.4 Å². The second kappa shape index (κ2) is 10.4. The number of esters is 1. The third-order valence-electron chi connectivity index (χ3n) is 5.00. The predicted octanol–water partition coefficient (Wildman–Crippen LogP) is 3.04. The van der Waals surface area contributed by atoms with E-state index in [4.69, 9.17) is 9.47 Å². The Morgan fingerprint density at radius 2 is 2.03 bits per heavy atom. The van der Waals surface area contributed by atoms with E-state index in [-0.39, 0.29) is 17.8 Å². The Morgan fingerprint density at radius 3 is 2.78 bits per heavy atom. The third kappa shape index (κ3) is 5.14. The maximum Gasteiger partial charge on any atom is 0.339 e. The van der Waals surface area contributed by atoms with Gasteiger partial charge >= 0.3 is 5.97 Å². The average Bonchev–Trinajstić information content (AvgIpc) is 3.48. The van der Waals surface area contributed by atoms with Crippen molar-refractivity contribution in [3.63, 3.8) is 0 Å². The van der Waals surface area contributed by atoms with Gasteiger partial charge in [-0.25, -0.2) is 4.79 Å². The number of anilines is 1. The maximum atomic E-state index is 12.6. The van der Waals surface area contributed by atoms with Gasteiger partial charge in [0.1, 0.15) is 0 Å². The van der Waals surface area contributed by atoms with Crippen molar-refractivity contribution < 1.29 is 19.1 Å². The van der Waals surface area contributed by atoms with Crippen molar-refractivity contribution in [2.45, 2.75) is 30.6 Å². The lowest BCUT2D eigenvalue weighted by Crippen LogP contribution is -2.19. The molecule has 32 heavy (non-hydrogen) atoms. The summed E-state index contributed by atoms with van der Waals surface area (Å²) < 4.78 is 12.6. The van der Waals surface area contributed by atoms with Crippen molar-refractivity contribution >= 4 is 29.3 Å². The van der Waals surface area contributed by atoms with Crippen LogP contribution in [0.5, 0.6) is 0 Å². The third-order valence-corrected chi connectivity index (χ3v) is 5.97. The van der Waals surface area contributed by atoms with Gasteiger partial charge in [-0.05, 0) is 37.1 Å². The second-order valence-electron chi connectivity index (χ2n) is 7.16. The number of ether oxygens (including phenoxy) is 2. The number of benzene rings is 1. The molecule has 0 radical (unpaired) electrons. The summed E-state index contributed by atoms with van der Waals surface area (Å²) in [6.45, 7) is 1.36. The Bertz CT molecular complexity index is 1080. The van der Waals surface area contributed by atoms with Crippen LogP contribution < -0.4 is 5.32 Å². The van der Waals surface area contributed by atoms with Crippen molar-refractivity contribution in [1.82, 2.24) is 19.7 Å². The Labute approximate surface area is 189 Å². The van der Waals surface area contributed by atoms with Gasteiger partial charge in [0, 0.05) is 24.6 Å². The van der Waals surface area contributed by atoms with E-state index in [1.165, 1.54) is 18.9 Å². The Hall–Kier alpha value is -3.24. The van der Waals surface area contributed by atoms with Gasteiger partial charge in [0.05, 0.1) is 36.8 Å². The highest BCUT2D eigenvalue weighted by atomic mass is 32.2. The molecule has 1 aliphatic rings. The van der Waals surface area contributed by atoms with Crippen LogP contribution in [0.3, 0.4) is 0 Å². The number of rotatable bonds is 8. The number of carbonyl (C=O) groups excluding carboxylic acids is 2. The fraction of sp³-hybridized carbons (Fsp3) is 0.318. The molecule has 1 fully saturated rings. The van der Waals surface area contributed by atoms with Gasteiger partial charge in [0.2, 0.25) is 5.91 Å². The fourth-order valence-corrected chi connectivity index (χ4v) is 4.21. The van der Waals surface area contributed by atoms with E-state index in [9.17, 15) is 9.59 Å². The van der Waals surface area contributed by atoms with Crippen LogP contribution >= 0.6 is 11.8 Å². The van der Waals surface area contributed by atoms with Crippen molar-refractivity contribution in [3.8, 4) is 11.4 Å². The molecular weight excluding hydrogens is 430 g/mol. The number of nitrogens with zero attached hydrogens (tertiary/aromatic N) is 4. The summed E-state index contributed by atoms with van der Waals surface area (Å²) in [6, 6.07) is 10.5. The molecule has 1 aromatic carbocycles. The lowest BCUT2D eigenvalue weighted by atomic mass is 10.2. The fourth-order valence-electron chi connectivity index (χ4n) is 3.46. The van der Waals surface area contributed by atoms with Gasteiger partial charge in [0.25, 0.3) is 0 Å². The first kappa shape index (κ1) is 22.0. The Balaban J connectivity index is 1.49. The summed E-state index contributed by atoms with van der Waals surface area (Å²) in [4.78, 5) is 28.6. The number of hydrogen-bond acceptors (Lipinski definition) is 8. The number of aromatic nitrogens is 4. The molecule has 0 spiro atoms. The lowest BCUT2D eigenvalue weighted by Gasteiger charge is -2.15. The van der Waals surface area contributed by atoms with Gasteiger partial charge in [-0.2, -0.15) is 0 Å². The van der Waals surface area contributed by atoms with Crippen molar-refractivity contribution in [2.75, 3.05) is 24.8 Å². The summed E-state index contributed by atoms with van der Waals surface area (Å²) in [5.41, 5.74) is 1.60. The molecule has 4 rings (SSSR count). The number of thioether (sulfide) groups is 1. The lowest BCUT2D eigenvalue weighted by molar-refractivity contribution is -0.113. The SMILES string of the molecule is COC(=O)c1ccccc1NC(=O)CSc1nnc(-c2ccncc2)n1CC1CCCO1. The number of amides is 1. The molecular formula is C22H23N5O4S. The van der Waals surface area contributed by atoms with Gasteiger partial charge in [0.15, 0.2) is 11.0 Å². The zero-order valence-electron chi connectivity index (χ0n) is 17.6. The van der Waals surface area contributed by atoms with Crippen LogP contribution in [0.4, 0.5) is 5.69 Å². The zero-order valence-corrected chi connectivity index (χ0v) is 18.4. The van der Waals surface area contributed by atoms with E-state index in [1.54, 1.807) is 36.7 Å². The zero-order chi connectivity index (χ0) is 22.3. The number of hydrogen-bond donors (Lipinski definition) is 1. The quantitative estimate of drug-likeness (QED) is 0.410. The minimum atomic E-state index is -0.508. The van der Waals surface area contributed by atoms with E-state index in [0.717, 1.165) is 25.0 Å². The molecule has 0 aliphatic carbocycles. The number of nitrogens with one attached hydrogen (secondary N) is 1. The van der Waals surface area contributed by atoms with Crippen molar-refractivity contribution in [1.29, 1.82) is 0 Å². The minimum Gasteiger partial charge on any atom is -0.465 e. The van der Waals surface area contributed by atoms with Crippen LogP contribution in [0.1, 0.15) is 23.2 Å². The normalized spacial score (nSPS) is 15.5. The molecule has 0 bridgehead atoms. The molecule has 0 saturated carbocycles. The first-order valence-electron chi connectivity index (χ1n) is 10.2. The van der Waals surface area contributed by atoms with Gasteiger partial charge < -0.3 is 14.8 Å². The highest BCUT2D eigenvalue weighted by Crippen LogP contribution is 2.26. The predicted molar refractivity (Wildman–Crippen MR) is 119 cm³/mol. The average molecular weight is 454 g/mol. The summed E-state index contributed by atoms with van der Waals surface area (Å²) in [5, 5.41) is 12.1. The van der Waals surface area contributed by atoms with Gasteiger partial charge in [-0.15, -0.1) is 10.2 Å². The highest BCUT2D eigenvalue weighted by Gasteiger charge is 2.22. The van der Waals surface area contributed by atoms with Crippen LogP contribution in [-0.4, -0.2) is 57.2 Å². The van der Waals surface area contributed by atoms with E-state index in [1.807, 2.05) is 16.7 Å². The summed E-state index contributed by atoms with van der Waals surface area (Å²) in [7, 11) is 1.30. The summed E-state index contributed by atoms with van der Waals surface area (Å²) in [5.74, 6) is 0.0485. The number of pyridine rings is 1. The molecule has 9 nitrogen and oxygen atoms in total. The molecule has 1 aliphatic heterocycles. The van der Waals surface area contributed by atoms with Gasteiger partial charge in [-0.3, -0.25) is 14.3 Å². The number of para-hydroxylation sites is 1. The van der Waals surface area contributed by atoms with E-state index in [0.29, 0.717) is 28.8 Å². The molecule has 10 heteroatoms. The van der Waals surface area contributed by atoms with Crippen molar-refractivity contribution in [2.24, 2.45) is 0 Å². The summed E-state index contributed by atoms with van der Waals surface area (Å²) in [6.07, 6.45) is 5.51. The number of methoxy groups -OCH3 is 1. The first-order valence-corrected chi connectivity index (χ1v) is 11.2. The molecule has 166 valence electrons. The molecule has 3 aromatic rings. The molecule has 1 atom stereocenters. The van der Waals surface area contributed by atoms with E-state index >= 15 is 0 Å². The van der Waals surface area contributed by atoms with E-state index < -0.39 is 5.97 Å². The number of carbonyl (C=O) groups is 2. The first-order chi connectivity index (χ1) is 15.7. The molecule has 1 N–H and O–H groups in total. The summed E-state index contributed by atoms with van der Waals surface area (Å²) >= 11 is 1.28. The molecule has 1 saturated heterocycles. The van der Waals surface area contributed by atoms with Crippen LogP contribution in [0.15, 0.2) is 53.9 Å². The highest BCUT2D eigenvalue weighted by molar-refractivity contribution is 7.99. The van der Waals surface area contributed by atoms with Gasteiger partial charge in [-0.1, -0.05) is 23.9 Å². The van der Waals surface area contributed by atoms with Crippen LogP contribution in [-0.2, 0) is 20.8 Å². The van der Waals surface area contributed by atoms with E-state index in [2.05, 4.69) is 20.5 Å². The Morgan fingerprint density at radius 1 is 1.22 bits per heavy atom.